The van der Waals surface area contributed by atoms with Gasteiger partial charge in [-0.2, -0.15) is 0 Å². The van der Waals surface area contributed by atoms with E-state index in [1.165, 1.54) is 11.0 Å². The summed E-state index contributed by atoms with van der Waals surface area (Å²) < 4.78 is 1.51. The van der Waals surface area contributed by atoms with Gasteiger partial charge in [-0.3, -0.25) is 9.59 Å². The van der Waals surface area contributed by atoms with Crippen LogP contribution >= 0.6 is 11.3 Å². The van der Waals surface area contributed by atoms with E-state index in [0.29, 0.717) is 25.8 Å². The maximum Gasteiger partial charge on any atom is 0.222 e. The highest BCUT2D eigenvalue weighted by atomic mass is 32.1. The van der Waals surface area contributed by atoms with Crippen molar-refractivity contribution in [2.75, 3.05) is 0 Å². The Morgan fingerprint density at radius 1 is 1.55 bits per heavy atom. The Morgan fingerprint density at radius 3 is 3.18 bits per heavy atom. The van der Waals surface area contributed by atoms with Crippen molar-refractivity contribution in [1.82, 2.24) is 30.8 Å². The third-order valence-corrected chi connectivity index (χ3v) is 4.51. The van der Waals surface area contributed by atoms with Crippen molar-refractivity contribution < 1.29 is 9.59 Å². The van der Waals surface area contributed by atoms with Crippen LogP contribution in [0.3, 0.4) is 0 Å². The SMILES string of the molecule is O=C(CCn1cnnn1)N[C@@H]1CCC(=O)N[C@H]1c1cccs1. The molecule has 2 amide bonds. The van der Waals surface area contributed by atoms with Crippen molar-refractivity contribution in [3.05, 3.63) is 28.7 Å². The molecule has 0 radical (unpaired) electrons. The molecule has 2 atom stereocenters. The van der Waals surface area contributed by atoms with Crippen molar-refractivity contribution >= 4 is 23.2 Å². The summed E-state index contributed by atoms with van der Waals surface area (Å²) in [5.74, 6) is -0.0456. The maximum atomic E-state index is 12.1. The molecule has 0 bridgehead atoms. The second-order valence-electron chi connectivity index (χ2n) is 5.10. The van der Waals surface area contributed by atoms with Crippen LogP contribution in [0.1, 0.15) is 30.2 Å². The van der Waals surface area contributed by atoms with E-state index in [0.717, 1.165) is 4.88 Å². The lowest BCUT2D eigenvalue weighted by atomic mass is 9.96. The molecule has 2 aromatic rings. The number of thiophene rings is 1. The first-order chi connectivity index (χ1) is 10.7. The summed E-state index contributed by atoms with van der Waals surface area (Å²) >= 11 is 1.58. The predicted molar refractivity (Wildman–Crippen MR) is 78.8 cm³/mol. The second-order valence-corrected chi connectivity index (χ2v) is 6.08. The first kappa shape index (κ1) is 14.6. The van der Waals surface area contributed by atoms with E-state index in [1.807, 2.05) is 17.5 Å². The maximum absolute atomic E-state index is 12.1. The van der Waals surface area contributed by atoms with Crippen molar-refractivity contribution in [3.8, 4) is 0 Å². The lowest BCUT2D eigenvalue weighted by Crippen LogP contribution is -2.50. The Labute approximate surface area is 130 Å². The van der Waals surface area contributed by atoms with Crippen molar-refractivity contribution in [3.63, 3.8) is 0 Å². The Balaban J connectivity index is 1.59. The van der Waals surface area contributed by atoms with Crippen LogP contribution in [-0.2, 0) is 16.1 Å². The van der Waals surface area contributed by atoms with Gasteiger partial charge in [0.25, 0.3) is 0 Å². The van der Waals surface area contributed by atoms with E-state index in [1.54, 1.807) is 11.3 Å². The molecule has 1 fully saturated rings. The summed E-state index contributed by atoms with van der Waals surface area (Å²) in [6.45, 7) is 0.432. The topological polar surface area (TPSA) is 102 Å². The zero-order chi connectivity index (χ0) is 15.4. The molecule has 9 heteroatoms. The largest absolute Gasteiger partial charge is 0.351 e. The van der Waals surface area contributed by atoms with Gasteiger partial charge in [-0.15, -0.1) is 16.4 Å². The fourth-order valence-electron chi connectivity index (χ4n) is 2.47. The fraction of sp³-hybridized carbons (Fsp3) is 0.462. The molecule has 22 heavy (non-hydrogen) atoms. The summed E-state index contributed by atoms with van der Waals surface area (Å²) in [6, 6.07) is 3.68. The third-order valence-electron chi connectivity index (χ3n) is 3.56. The standard InChI is InChI=1S/C13H16N6O2S/c20-11-4-3-9(13(16-11)10-2-1-7-22-10)15-12(21)5-6-19-8-14-17-18-19/h1-2,7-9,13H,3-6H2,(H,15,21)(H,16,20)/t9-,13-/m1/s1. The number of nitrogens with one attached hydrogen (secondary N) is 2. The first-order valence-electron chi connectivity index (χ1n) is 7.05. The quantitative estimate of drug-likeness (QED) is 0.823. The Bertz CT molecular complexity index is 627. The number of tetrazole rings is 1. The summed E-state index contributed by atoms with van der Waals surface area (Å²) in [7, 11) is 0. The van der Waals surface area contributed by atoms with Gasteiger partial charge in [-0.1, -0.05) is 6.07 Å². The molecule has 3 heterocycles. The number of aromatic nitrogens is 4. The van der Waals surface area contributed by atoms with Crippen molar-refractivity contribution in [1.29, 1.82) is 0 Å². The van der Waals surface area contributed by atoms with Gasteiger partial charge in [-0.25, -0.2) is 4.68 Å². The van der Waals surface area contributed by atoms with Gasteiger partial charge in [0.05, 0.1) is 18.6 Å². The van der Waals surface area contributed by atoms with Gasteiger partial charge < -0.3 is 10.6 Å². The number of carbonyl (C=O) groups excluding carboxylic acids is 2. The van der Waals surface area contributed by atoms with Crippen LogP contribution in [0.2, 0.25) is 0 Å². The molecule has 0 saturated carbocycles. The molecule has 116 valence electrons. The molecule has 2 aromatic heterocycles. The molecule has 0 aromatic carbocycles. The van der Waals surface area contributed by atoms with E-state index >= 15 is 0 Å². The minimum Gasteiger partial charge on any atom is -0.351 e. The van der Waals surface area contributed by atoms with Crippen molar-refractivity contribution in [2.45, 2.75) is 37.9 Å². The van der Waals surface area contributed by atoms with Crippen LogP contribution in [0.15, 0.2) is 23.8 Å². The normalized spacial score (nSPS) is 21.4. The number of hydrogen-bond donors (Lipinski definition) is 2. The summed E-state index contributed by atoms with van der Waals surface area (Å²) in [6.07, 6.45) is 2.85. The van der Waals surface area contributed by atoms with Crippen LogP contribution in [0.25, 0.3) is 0 Å². The van der Waals surface area contributed by atoms with Crippen molar-refractivity contribution in [2.24, 2.45) is 0 Å². The lowest BCUT2D eigenvalue weighted by Gasteiger charge is -2.32. The highest BCUT2D eigenvalue weighted by Crippen LogP contribution is 2.27. The van der Waals surface area contributed by atoms with Crippen LogP contribution in [0.5, 0.6) is 0 Å². The summed E-state index contributed by atoms with van der Waals surface area (Å²) in [4.78, 5) is 24.8. The van der Waals surface area contributed by atoms with Gasteiger partial charge in [-0.05, 0) is 28.3 Å². The molecule has 3 rings (SSSR count). The monoisotopic (exact) mass is 320 g/mol. The molecule has 1 aliphatic rings. The fourth-order valence-corrected chi connectivity index (χ4v) is 3.31. The molecule has 2 N–H and O–H groups in total. The summed E-state index contributed by atoms with van der Waals surface area (Å²) in [5, 5.41) is 18.7. The van der Waals surface area contributed by atoms with Crippen LogP contribution in [0, 0.1) is 0 Å². The molecule has 1 saturated heterocycles. The average molecular weight is 320 g/mol. The van der Waals surface area contributed by atoms with Gasteiger partial charge in [0.2, 0.25) is 11.8 Å². The highest BCUT2D eigenvalue weighted by Gasteiger charge is 2.31. The minimum absolute atomic E-state index is 0.0255. The third kappa shape index (κ3) is 3.48. The van der Waals surface area contributed by atoms with Gasteiger partial charge >= 0.3 is 0 Å². The minimum atomic E-state index is -0.154. The number of aryl methyl sites for hydroxylation is 1. The number of rotatable bonds is 5. The van der Waals surface area contributed by atoms with Crippen LogP contribution in [0.4, 0.5) is 0 Å². The molecule has 0 unspecified atom stereocenters. The van der Waals surface area contributed by atoms with Gasteiger partial charge in [0.1, 0.15) is 6.33 Å². The van der Waals surface area contributed by atoms with Gasteiger partial charge in [0, 0.05) is 17.7 Å². The number of nitrogens with zero attached hydrogens (tertiary/aromatic N) is 4. The Kier molecular flexibility index (Phi) is 4.42. The lowest BCUT2D eigenvalue weighted by molar-refractivity contribution is -0.127. The highest BCUT2D eigenvalue weighted by molar-refractivity contribution is 7.10. The molecule has 8 nitrogen and oxygen atoms in total. The predicted octanol–water partition coefficient (Wildman–Crippen LogP) is 0.261. The van der Waals surface area contributed by atoms with E-state index < -0.39 is 0 Å². The Hall–Kier alpha value is -2.29. The molecule has 0 spiro atoms. The Morgan fingerprint density at radius 2 is 2.45 bits per heavy atom. The van der Waals surface area contributed by atoms with Crippen LogP contribution in [-0.4, -0.2) is 38.1 Å². The molecule has 1 aliphatic heterocycles. The van der Waals surface area contributed by atoms with Crippen LogP contribution < -0.4 is 10.6 Å². The van der Waals surface area contributed by atoms with E-state index in [9.17, 15) is 9.59 Å². The average Bonchev–Trinajstić information content (AvgIpc) is 3.20. The zero-order valence-electron chi connectivity index (χ0n) is 11.8. The number of carbonyl (C=O) groups is 2. The smallest absolute Gasteiger partial charge is 0.222 e. The first-order valence-corrected chi connectivity index (χ1v) is 7.93. The molecular formula is C13H16N6O2S. The van der Waals surface area contributed by atoms with E-state index in [4.69, 9.17) is 0 Å². The molecule has 0 aliphatic carbocycles. The number of piperidine rings is 1. The zero-order valence-corrected chi connectivity index (χ0v) is 12.6. The van der Waals surface area contributed by atoms with E-state index in [-0.39, 0.29) is 23.9 Å². The number of hydrogen-bond acceptors (Lipinski definition) is 6. The number of amides is 2. The van der Waals surface area contributed by atoms with E-state index in [2.05, 4.69) is 26.2 Å². The van der Waals surface area contributed by atoms with Gasteiger partial charge in [0.15, 0.2) is 0 Å². The molecular weight excluding hydrogens is 304 g/mol. The summed E-state index contributed by atoms with van der Waals surface area (Å²) in [5.41, 5.74) is 0. The second kappa shape index (κ2) is 6.65.